The zero-order valence-corrected chi connectivity index (χ0v) is 14.6. The van der Waals surface area contributed by atoms with Crippen LogP contribution in [0.2, 0.25) is 0 Å². The van der Waals surface area contributed by atoms with Crippen molar-refractivity contribution in [1.29, 1.82) is 10.5 Å². The Morgan fingerprint density at radius 2 is 1.15 bits per heavy atom. The van der Waals surface area contributed by atoms with E-state index in [1.807, 2.05) is 72.8 Å². The second kappa shape index (κ2) is 7.30. The zero-order valence-electron chi connectivity index (χ0n) is 14.6. The predicted octanol–water partition coefficient (Wildman–Crippen LogP) is 5.45. The highest BCUT2D eigenvalue weighted by atomic mass is 16.5. The maximum atomic E-state index is 9.75. The third-order valence-electron chi connectivity index (χ3n) is 4.69. The molecule has 0 bridgehead atoms. The Bertz CT molecular complexity index is 1210. The zero-order chi connectivity index (χ0) is 18.6. The largest absolute Gasteiger partial charge is 0.372 e. The lowest BCUT2D eigenvalue weighted by Gasteiger charge is -2.11. The van der Waals surface area contributed by atoms with Crippen LogP contribution in [0.1, 0.15) is 22.3 Å². The van der Waals surface area contributed by atoms with Gasteiger partial charge in [-0.05, 0) is 17.2 Å². The topological polar surface area (TPSA) is 56.8 Å². The number of rotatable bonds is 4. The minimum absolute atomic E-state index is 0.449. The van der Waals surface area contributed by atoms with E-state index in [0.29, 0.717) is 24.3 Å². The minimum atomic E-state index is 0.449. The average molecular weight is 348 g/mol. The summed E-state index contributed by atoms with van der Waals surface area (Å²) in [5, 5.41) is 22.7. The third kappa shape index (κ3) is 3.13. The molecular formula is C24H16N2O. The van der Waals surface area contributed by atoms with Crippen molar-refractivity contribution in [3.05, 3.63) is 95.1 Å². The third-order valence-corrected chi connectivity index (χ3v) is 4.69. The number of ether oxygens (including phenoxy) is 1. The van der Waals surface area contributed by atoms with E-state index < -0.39 is 0 Å². The summed E-state index contributed by atoms with van der Waals surface area (Å²) >= 11 is 0. The van der Waals surface area contributed by atoms with Crippen LogP contribution >= 0.6 is 0 Å². The molecule has 0 fully saturated rings. The Balaban J connectivity index is 1.74. The molecule has 4 rings (SSSR count). The molecular weight excluding hydrogens is 332 g/mol. The van der Waals surface area contributed by atoms with Gasteiger partial charge in [-0.3, -0.25) is 0 Å². The lowest BCUT2D eigenvalue weighted by atomic mass is 9.92. The van der Waals surface area contributed by atoms with Crippen LogP contribution < -0.4 is 0 Å². The second-order valence-corrected chi connectivity index (χ2v) is 6.38. The maximum Gasteiger partial charge on any atom is 0.100 e. The van der Waals surface area contributed by atoms with Crippen molar-refractivity contribution in [1.82, 2.24) is 0 Å². The van der Waals surface area contributed by atoms with E-state index in [0.717, 1.165) is 32.7 Å². The molecule has 0 amide bonds. The standard InChI is InChI=1S/C24H16N2O/c25-13-23-19-8-4-5-9-20(19)24(14-26)22-12-18(10-11-21(22)23)16-27-15-17-6-2-1-3-7-17/h1-12H,15-16H2. The summed E-state index contributed by atoms with van der Waals surface area (Å²) in [5.41, 5.74) is 3.31. The number of benzene rings is 4. The number of nitriles is 2. The normalized spacial score (nSPS) is 10.6. The molecule has 0 saturated carbocycles. The Labute approximate surface area is 157 Å². The first kappa shape index (κ1) is 16.8. The molecule has 0 unspecified atom stereocenters. The van der Waals surface area contributed by atoms with Gasteiger partial charge < -0.3 is 4.74 Å². The second-order valence-electron chi connectivity index (χ2n) is 6.38. The van der Waals surface area contributed by atoms with Gasteiger partial charge in [0.25, 0.3) is 0 Å². The molecule has 0 aliphatic rings. The van der Waals surface area contributed by atoms with Crippen molar-refractivity contribution >= 4 is 21.5 Å². The van der Waals surface area contributed by atoms with Gasteiger partial charge in [0.15, 0.2) is 0 Å². The molecule has 0 radical (unpaired) electrons. The van der Waals surface area contributed by atoms with E-state index in [-0.39, 0.29) is 0 Å². The highest BCUT2D eigenvalue weighted by molar-refractivity contribution is 6.09. The summed E-state index contributed by atoms with van der Waals surface area (Å²) in [7, 11) is 0. The molecule has 0 saturated heterocycles. The molecule has 4 aromatic carbocycles. The summed E-state index contributed by atoms with van der Waals surface area (Å²) in [6.45, 7) is 0.982. The molecule has 0 atom stereocenters. The van der Waals surface area contributed by atoms with Crippen molar-refractivity contribution in [3.63, 3.8) is 0 Å². The van der Waals surface area contributed by atoms with E-state index in [9.17, 15) is 10.5 Å². The van der Waals surface area contributed by atoms with Gasteiger partial charge in [-0.2, -0.15) is 10.5 Å². The Morgan fingerprint density at radius 3 is 1.81 bits per heavy atom. The molecule has 0 heterocycles. The van der Waals surface area contributed by atoms with E-state index in [4.69, 9.17) is 4.74 Å². The fourth-order valence-corrected chi connectivity index (χ4v) is 3.42. The number of hydrogen-bond donors (Lipinski definition) is 0. The van der Waals surface area contributed by atoms with E-state index in [1.54, 1.807) is 0 Å². The van der Waals surface area contributed by atoms with Crippen LogP contribution in [0.4, 0.5) is 0 Å². The van der Waals surface area contributed by atoms with Crippen molar-refractivity contribution < 1.29 is 4.74 Å². The number of fused-ring (bicyclic) bond motifs is 2. The molecule has 0 spiro atoms. The van der Waals surface area contributed by atoms with Crippen LogP contribution in [-0.4, -0.2) is 0 Å². The van der Waals surface area contributed by atoms with Gasteiger partial charge >= 0.3 is 0 Å². The van der Waals surface area contributed by atoms with Crippen molar-refractivity contribution in [2.24, 2.45) is 0 Å². The Morgan fingerprint density at radius 1 is 0.593 bits per heavy atom. The van der Waals surface area contributed by atoms with Crippen LogP contribution in [0.3, 0.4) is 0 Å². The minimum Gasteiger partial charge on any atom is -0.372 e. The molecule has 0 N–H and O–H groups in total. The Kier molecular flexibility index (Phi) is 4.54. The van der Waals surface area contributed by atoms with Crippen molar-refractivity contribution in [2.75, 3.05) is 0 Å². The van der Waals surface area contributed by atoms with Crippen LogP contribution in [0, 0.1) is 22.7 Å². The summed E-state index contributed by atoms with van der Waals surface area (Å²) < 4.78 is 5.82. The SMILES string of the molecule is N#Cc1c2ccccc2c(C#N)c2cc(COCc3ccccc3)ccc12. The van der Waals surface area contributed by atoms with Gasteiger partial charge in [0.05, 0.1) is 24.3 Å². The first-order chi connectivity index (χ1) is 13.3. The van der Waals surface area contributed by atoms with Crippen LogP contribution in [0.5, 0.6) is 0 Å². The molecule has 3 heteroatoms. The van der Waals surface area contributed by atoms with E-state index >= 15 is 0 Å². The van der Waals surface area contributed by atoms with Crippen molar-refractivity contribution in [2.45, 2.75) is 13.2 Å². The lowest BCUT2D eigenvalue weighted by Crippen LogP contribution is -1.96. The fourth-order valence-electron chi connectivity index (χ4n) is 3.42. The highest BCUT2D eigenvalue weighted by Crippen LogP contribution is 2.32. The Hall–Kier alpha value is -3.66. The predicted molar refractivity (Wildman–Crippen MR) is 106 cm³/mol. The van der Waals surface area contributed by atoms with Gasteiger partial charge in [0, 0.05) is 21.5 Å². The summed E-state index contributed by atoms with van der Waals surface area (Å²) in [5.74, 6) is 0. The smallest absolute Gasteiger partial charge is 0.100 e. The van der Waals surface area contributed by atoms with Gasteiger partial charge in [-0.1, -0.05) is 66.7 Å². The van der Waals surface area contributed by atoms with Crippen LogP contribution in [0.25, 0.3) is 21.5 Å². The number of hydrogen-bond acceptors (Lipinski definition) is 3. The van der Waals surface area contributed by atoms with E-state index in [1.165, 1.54) is 0 Å². The summed E-state index contributed by atoms with van der Waals surface area (Å²) in [6.07, 6.45) is 0. The number of nitrogens with zero attached hydrogens (tertiary/aromatic N) is 2. The molecule has 0 aliphatic carbocycles. The quantitative estimate of drug-likeness (QED) is 0.461. The first-order valence-electron chi connectivity index (χ1n) is 8.71. The monoisotopic (exact) mass is 348 g/mol. The first-order valence-corrected chi connectivity index (χ1v) is 8.71. The van der Waals surface area contributed by atoms with E-state index in [2.05, 4.69) is 12.1 Å². The van der Waals surface area contributed by atoms with Crippen LogP contribution in [0.15, 0.2) is 72.8 Å². The molecule has 128 valence electrons. The summed E-state index contributed by atoms with van der Waals surface area (Å²) in [4.78, 5) is 0. The summed E-state index contributed by atoms with van der Waals surface area (Å²) in [6, 6.07) is 28.1. The molecule has 3 nitrogen and oxygen atoms in total. The van der Waals surface area contributed by atoms with Gasteiger partial charge in [-0.25, -0.2) is 0 Å². The fraction of sp³-hybridized carbons (Fsp3) is 0.0833. The lowest BCUT2D eigenvalue weighted by molar-refractivity contribution is 0.107. The molecule has 0 aromatic heterocycles. The van der Waals surface area contributed by atoms with Crippen molar-refractivity contribution in [3.8, 4) is 12.1 Å². The van der Waals surface area contributed by atoms with Gasteiger partial charge in [-0.15, -0.1) is 0 Å². The highest BCUT2D eigenvalue weighted by Gasteiger charge is 2.13. The van der Waals surface area contributed by atoms with Crippen LogP contribution in [-0.2, 0) is 18.0 Å². The maximum absolute atomic E-state index is 9.75. The molecule has 27 heavy (non-hydrogen) atoms. The average Bonchev–Trinajstić information content (AvgIpc) is 2.72. The molecule has 4 aromatic rings. The van der Waals surface area contributed by atoms with Gasteiger partial charge in [0.2, 0.25) is 0 Å². The molecule has 0 aliphatic heterocycles. The van der Waals surface area contributed by atoms with Gasteiger partial charge in [0.1, 0.15) is 12.1 Å².